The van der Waals surface area contributed by atoms with Crippen LogP contribution in [0.1, 0.15) is 22.9 Å². The summed E-state index contributed by atoms with van der Waals surface area (Å²) < 4.78 is 28.6. The van der Waals surface area contributed by atoms with Gasteiger partial charge in [0.25, 0.3) is 5.91 Å². The Hall–Kier alpha value is -2.29. The molecule has 34 heavy (non-hydrogen) atoms. The van der Waals surface area contributed by atoms with Gasteiger partial charge in [0.05, 0.1) is 11.6 Å². The maximum Gasteiger partial charge on any atom is 0.300 e. The Bertz CT molecular complexity index is 1290. The smallest absolute Gasteiger partial charge is 0.300 e. The van der Waals surface area contributed by atoms with Crippen LogP contribution in [0.25, 0.3) is 10.9 Å². The lowest BCUT2D eigenvalue weighted by Crippen LogP contribution is -2.44. The Morgan fingerprint density at radius 3 is 2.56 bits per heavy atom. The van der Waals surface area contributed by atoms with Crippen LogP contribution in [-0.4, -0.2) is 60.5 Å². The molecule has 5 rings (SSSR count). The Morgan fingerprint density at radius 2 is 1.85 bits per heavy atom. The average molecular weight is 592 g/mol. The normalized spacial score (nSPS) is 18.5. The number of piperazine rings is 1. The summed E-state index contributed by atoms with van der Waals surface area (Å²) in [5, 5.41) is 3.31. The average Bonchev–Trinajstić information content (AvgIpc) is 3.21. The van der Waals surface area contributed by atoms with Crippen molar-refractivity contribution in [3.8, 4) is 11.2 Å². The van der Waals surface area contributed by atoms with Crippen LogP contribution in [-0.2, 0) is 11.2 Å². The summed E-state index contributed by atoms with van der Waals surface area (Å²) in [5.41, 5.74) is 3.88. The summed E-state index contributed by atoms with van der Waals surface area (Å²) in [6.45, 7) is 4.37. The van der Waals surface area contributed by atoms with Gasteiger partial charge in [-0.1, -0.05) is 12.1 Å². The van der Waals surface area contributed by atoms with Gasteiger partial charge in [0, 0.05) is 82.7 Å². The van der Waals surface area contributed by atoms with Crippen molar-refractivity contribution >= 4 is 52.6 Å². The van der Waals surface area contributed by atoms with Crippen LogP contribution in [0.2, 0.25) is 0 Å². The van der Waals surface area contributed by atoms with Gasteiger partial charge in [0.2, 0.25) is 0 Å². The molecule has 1 amide bonds. The van der Waals surface area contributed by atoms with Crippen molar-refractivity contribution in [2.75, 3.05) is 44.7 Å². The molecule has 5 nitrogen and oxygen atoms in total. The fourth-order valence-electron chi connectivity index (χ4n) is 4.95. The number of nitrogens with zero attached hydrogens (tertiary/aromatic N) is 3. The predicted molar refractivity (Wildman–Crippen MR) is 141 cm³/mol. The van der Waals surface area contributed by atoms with Gasteiger partial charge in [-0.2, -0.15) is 0 Å². The van der Waals surface area contributed by atoms with Gasteiger partial charge in [-0.05, 0) is 57.0 Å². The summed E-state index contributed by atoms with van der Waals surface area (Å²) in [5.74, 6) is 1.16. The molecule has 0 saturated carbocycles. The number of anilines is 1. The first-order valence-electron chi connectivity index (χ1n) is 11.1. The second-order valence-electron chi connectivity index (χ2n) is 8.66. The Balaban J connectivity index is 1.57. The van der Waals surface area contributed by atoms with Gasteiger partial charge >= 0.3 is 0 Å². The van der Waals surface area contributed by atoms with Gasteiger partial charge in [-0.25, -0.2) is 8.78 Å². The zero-order valence-electron chi connectivity index (χ0n) is 18.6. The van der Waals surface area contributed by atoms with E-state index in [0.29, 0.717) is 18.4 Å². The molecule has 0 bridgehead atoms. The summed E-state index contributed by atoms with van der Waals surface area (Å²) in [4.78, 5) is 22.6. The number of aromatic nitrogens is 1. The highest BCUT2D eigenvalue weighted by Gasteiger charge is 2.35. The van der Waals surface area contributed by atoms with Crippen LogP contribution in [0.5, 0.6) is 0 Å². The van der Waals surface area contributed by atoms with Crippen molar-refractivity contribution < 1.29 is 13.6 Å². The minimum Gasteiger partial charge on any atom is -0.369 e. The van der Waals surface area contributed by atoms with Crippen molar-refractivity contribution in [1.82, 2.24) is 14.8 Å². The third kappa shape index (κ3) is 4.39. The van der Waals surface area contributed by atoms with Gasteiger partial charge in [-0.3, -0.25) is 4.79 Å². The highest BCUT2D eigenvalue weighted by molar-refractivity contribution is 14.2. The topological polar surface area (TPSA) is 42.6 Å². The zero-order chi connectivity index (χ0) is 23.8. The molecule has 0 spiro atoms. The summed E-state index contributed by atoms with van der Waals surface area (Å²) >= 11 is 2.03. The number of fused-ring (bicyclic) bond motifs is 3. The van der Waals surface area contributed by atoms with Crippen molar-refractivity contribution in [3.63, 3.8) is 0 Å². The number of halogens is 3. The monoisotopic (exact) mass is 592 g/mol. The lowest BCUT2D eigenvalue weighted by Gasteiger charge is -2.36. The van der Waals surface area contributed by atoms with Gasteiger partial charge < -0.3 is 19.7 Å². The fourth-order valence-corrected chi connectivity index (χ4v) is 5.40. The number of benzene rings is 2. The number of carbonyl (C=O) groups excluding carboxylic acids is 1. The number of aromatic amines is 1. The van der Waals surface area contributed by atoms with Crippen molar-refractivity contribution in [2.24, 2.45) is 0 Å². The van der Waals surface area contributed by atoms with Crippen LogP contribution < -0.4 is 4.90 Å². The number of amides is 1. The van der Waals surface area contributed by atoms with Gasteiger partial charge in [0.1, 0.15) is 11.6 Å². The van der Waals surface area contributed by atoms with Crippen LogP contribution in [0.3, 0.4) is 0 Å². The van der Waals surface area contributed by atoms with E-state index in [2.05, 4.69) is 45.1 Å². The third-order valence-corrected chi connectivity index (χ3v) is 7.53. The summed E-state index contributed by atoms with van der Waals surface area (Å²) in [6.07, 6.45) is 0.499. The number of carbonyl (C=O) groups is 1. The van der Waals surface area contributed by atoms with Crippen LogP contribution in [0, 0.1) is 22.8 Å². The highest BCUT2D eigenvalue weighted by Crippen LogP contribution is 2.39. The van der Waals surface area contributed by atoms with Crippen molar-refractivity contribution in [3.05, 3.63) is 64.9 Å². The molecule has 176 valence electrons. The second-order valence-corrected chi connectivity index (χ2v) is 10.3. The standard InChI is InChI=1S/C25H23F2IN4OS/c1-30-9-11-31(12-10-30)18-4-2-16(3-5-18)25-24-19(6-8-32(25)22(33)7-13-34-28)20-14-17(26)15-21(27)23(20)29-24/h2-5,14-15,25,29H,6,8-12H2,1H3. The minimum absolute atomic E-state index is 0.272. The van der Waals surface area contributed by atoms with Gasteiger partial charge in [0.15, 0.2) is 0 Å². The first-order valence-corrected chi connectivity index (χ1v) is 14.4. The molecule has 0 radical (unpaired) electrons. The number of rotatable bonds is 2. The Labute approximate surface area is 213 Å². The molecule has 1 fully saturated rings. The Kier molecular flexibility index (Phi) is 6.73. The highest BCUT2D eigenvalue weighted by atomic mass is 127. The number of H-pyrrole nitrogens is 1. The molecule has 1 aromatic heterocycles. The molecule has 1 saturated heterocycles. The van der Waals surface area contributed by atoms with Crippen LogP contribution in [0.15, 0.2) is 36.4 Å². The quantitative estimate of drug-likeness (QED) is 0.346. The number of hydrogen-bond acceptors (Lipinski definition) is 4. The van der Waals surface area contributed by atoms with E-state index in [1.165, 1.54) is 15.0 Å². The number of hydrogen-bond donors (Lipinski definition) is 1. The SMILES string of the molecule is CN1CCN(c2ccc(C3c4[nH]c5c(F)cc(F)cc5c4CCN3C(=O)C#CSI)cc2)CC1. The maximum absolute atomic E-state index is 14.6. The van der Waals surface area contributed by atoms with E-state index in [1.807, 2.05) is 33.3 Å². The molecule has 2 aromatic carbocycles. The van der Waals surface area contributed by atoms with Crippen molar-refractivity contribution in [2.45, 2.75) is 12.5 Å². The molecule has 1 unspecified atom stereocenters. The molecular formula is C25H23F2IN4OS. The number of nitrogens with one attached hydrogen (secondary N) is 1. The molecule has 3 heterocycles. The maximum atomic E-state index is 14.6. The first kappa shape index (κ1) is 23.5. The lowest BCUT2D eigenvalue weighted by atomic mass is 9.92. The Morgan fingerprint density at radius 1 is 1.12 bits per heavy atom. The van der Waals surface area contributed by atoms with Gasteiger partial charge in [-0.15, -0.1) is 0 Å². The predicted octanol–water partition coefficient (Wildman–Crippen LogP) is 4.72. The molecule has 3 aromatic rings. The van der Waals surface area contributed by atoms with E-state index < -0.39 is 17.7 Å². The molecule has 1 N–H and O–H groups in total. The zero-order valence-corrected chi connectivity index (χ0v) is 21.6. The van der Waals surface area contributed by atoms with Crippen molar-refractivity contribution in [1.29, 1.82) is 0 Å². The molecule has 9 heteroatoms. The first-order chi connectivity index (χ1) is 16.5. The molecular weight excluding hydrogens is 569 g/mol. The minimum atomic E-state index is -0.632. The van der Waals surface area contributed by atoms with Crippen LogP contribution >= 0.6 is 30.1 Å². The van der Waals surface area contributed by atoms with E-state index in [-0.39, 0.29) is 11.4 Å². The van der Waals surface area contributed by atoms with E-state index >= 15 is 0 Å². The summed E-state index contributed by atoms with van der Waals surface area (Å²) in [6, 6.07) is 10.00. The molecule has 1 atom stereocenters. The van der Waals surface area contributed by atoms with E-state index in [9.17, 15) is 13.6 Å². The third-order valence-electron chi connectivity index (χ3n) is 6.69. The van der Waals surface area contributed by atoms with E-state index in [1.54, 1.807) is 4.90 Å². The summed E-state index contributed by atoms with van der Waals surface area (Å²) in [7, 11) is 3.38. The van der Waals surface area contributed by atoms with E-state index in [4.69, 9.17) is 0 Å². The molecule has 2 aliphatic heterocycles. The van der Waals surface area contributed by atoms with E-state index in [0.717, 1.165) is 54.8 Å². The van der Waals surface area contributed by atoms with Crippen LogP contribution in [0.4, 0.5) is 14.5 Å². The molecule has 0 aliphatic carbocycles. The number of likely N-dealkylation sites (N-methyl/N-ethyl adjacent to an activating group) is 1. The second kappa shape index (κ2) is 9.76. The largest absolute Gasteiger partial charge is 0.369 e. The lowest BCUT2D eigenvalue weighted by molar-refractivity contribution is -0.127. The molecule has 2 aliphatic rings. The fraction of sp³-hybridized carbons (Fsp3) is 0.320.